The Morgan fingerprint density at radius 2 is 1.73 bits per heavy atom. The van der Waals surface area contributed by atoms with Gasteiger partial charge in [-0.1, -0.05) is 24.0 Å². The average molecular weight is 370 g/mol. The van der Waals surface area contributed by atoms with Crippen molar-refractivity contribution < 1.29 is 18.0 Å². The van der Waals surface area contributed by atoms with Gasteiger partial charge in [-0.15, -0.1) is 0 Å². The molecule has 0 aliphatic rings. The fourth-order valence-corrected chi connectivity index (χ4v) is 3.05. The van der Waals surface area contributed by atoms with Crippen LogP contribution in [0.25, 0.3) is 0 Å². The number of amides is 1. The van der Waals surface area contributed by atoms with Crippen LogP contribution in [0.5, 0.6) is 0 Å². The lowest BCUT2D eigenvalue weighted by atomic mass is 10.2. The maximum absolute atomic E-state index is 12.2. The molecule has 0 spiro atoms. The number of hydrogen-bond acceptors (Lipinski definition) is 4. The van der Waals surface area contributed by atoms with E-state index in [4.69, 9.17) is 0 Å². The molecule has 0 radical (unpaired) electrons. The van der Waals surface area contributed by atoms with Crippen LogP contribution in [0.3, 0.4) is 0 Å². The van der Waals surface area contributed by atoms with E-state index in [0.717, 1.165) is 0 Å². The van der Waals surface area contributed by atoms with E-state index in [9.17, 15) is 18.0 Å². The van der Waals surface area contributed by atoms with Gasteiger partial charge in [0.2, 0.25) is 15.9 Å². The molecular weight excluding hydrogens is 352 g/mol. The summed E-state index contributed by atoms with van der Waals surface area (Å²) in [6, 6.07) is 12.7. The second-order valence-corrected chi connectivity index (χ2v) is 7.24. The minimum absolute atomic E-state index is 0.0201. The molecule has 0 aliphatic carbocycles. The Hall–Kier alpha value is -2.95. The summed E-state index contributed by atoms with van der Waals surface area (Å²) >= 11 is 0. The highest BCUT2D eigenvalue weighted by molar-refractivity contribution is 7.89. The first-order valence-electron chi connectivity index (χ1n) is 7.75. The van der Waals surface area contributed by atoms with Gasteiger partial charge in [0.15, 0.2) is 5.78 Å². The quantitative estimate of drug-likeness (QED) is 0.623. The molecule has 6 nitrogen and oxygen atoms in total. The molecule has 2 rings (SSSR count). The molecule has 0 bridgehead atoms. The Bertz CT molecular complexity index is 984. The summed E-state index contributed by atoms with van der Waals surface area (Å²) < 4.78 is 26.9. The first kappa shape index (κ1) is 19.4. The standard InChI is InChI=1S/C19H18N2O4S/c1-14(22)17-6-3-7-19(13-17)26(24,25)20-12-4-5-16-8-10-18(11-9-16)21-15(2)23/h3,6-11,13,20H,12H2,1-2H3,(H,21,23). The third-order valence-corrected chi connectivity index (χ3v) is 4.74. The largest absolute Gasteiger partial charge is 0.326 e. The fraction of sp³-hybridized carbons (Fsp3) is 0.158. The molecule has 0 aliphatic heterocycles. The van der Waals surface area contributed by atoms with E-state index < -0.39 is 10.0 Å². The molecule has 0 atom stereocenters. The average Bonchev–Trinajstić information content (AvgIpc) is 2.60. The van der Waals surface area contributed by atoms with Crippen molar-refractivity contribution in [2.24, 2.45) is 0 Å². The number of ketones is 1. The summed E-state index contributed by atoms with van der Waals surface area (Å²) in [5.41, 5.74) is 1.68. The molecule has 2 aromatic rings. The van der Waals surface area contributed by atoms with Gasteiger partial charge >= 0.3 is 0 Å². The zero-order valence-corrected chi connectivity index (χ0v) is 15.2. The van der Waals surface area contributed by atoms with E-state index in [1.807, 2.05) is 0 Å². The van der Waals surface area contributed by atoms with Crippen molar-refractivity contribution in [2.75, 3.05) is 11.9 Å². The van der Waals surface area contributed by atoms with Gasteiger partial charge in [-0.2, -0.15) is 4.72 Å². The van der Waals surface area contributed by atoms with Gasteiger partial charge in [0.1, 0.15) is 0 Å². The summed E-state index contributed by atoms with van der Waals surface area (Å²) in [6.45, 7) is 2.73. The van der Waals surface area contributed by atoms with E-state index in [0.29, 0.717) is 16.8 Å². The van der Waals surface area contributed by atoms with E-state index in [1.54, 1.807) is 30.3 Å². The molecule has 0 fully saturated rings. The normalized spacial score (nSPS) is 10.5. The number of anilines is 1. The number of benzene rings is 2. The molecular formula is C19H18N2O4S. The number of nitrogens with one attached hydrogen (secondary N) is 2. The topological polar surface area (TPSA) is 92.3 Å². The third kappa shape index (κ3) is 5.55. The Morgan fingerprint density at radius 1 is 1.04 bits per heavy atom. The van der Waals surface area contributed by atoms with Crippen molar-refractivity contribution in [1.82, 2.24) is 4.72 Å². The lowest BCUT2D eigenvalue weighted by Crippen LogP contribution is -2.24. The van der Waals surface area contributed by atoms with Crippen LogP contribution in [0.4, 0.5) is 5.69 Å². The monoisotopic (exact) mass is 370 g/mol. The fourth-order valence-electron chi connectivity index (χ4n) is 2.08. The van der Waals surface area contributed by atoms with Gasteiger partial charge in [-0.25, -0.2) is 8.42 Å². The van der Waals surface area contributed by atoms with Crippen molar-refractivity contribution in [3.8, 4) is 11.8 Å². The first-order chi connectivity index (χ1) is 12.3. The summed E-state index contributed by atoms with van der Waals surface area (Å²) in [5.74, 6) is 5.20. The van der Waals surface area contributed by atoms with Crippen molar-refractivity contribution >= 4 is 27.4 Å². The van der Waals surface area contributed by atoms with Gasteiger partial charge < -0.3 is 5.32 Å². The summed E-state index contributed by atoms with van der Waals surface area (Å²) in [7, 11) is -3.74. The van der Waals surface area contributed by atoms with Crippen LogP contribution in [0.2, 0.25) is 0 Å². The Morgan fingerprint density at radius 3 is 2.35 bits per heavy atom. The van der Waals surface area contributed by atoms with Crippen molar-refractivity contribution in [3.63, 3.8) is 0 Å². The molecule has 26 heavy (non-hydrogen) atoms. The van der Waals surface area contributed by atoms with E-state index in [-0.39, 0.29) is 23.1 Å². The number of sulfonamides is 1. The smallest absolute Gasteiger partial charge is 0.241 e. The Balaban J connectivity index is 2.01. The zero-order valence-electron chi connectivity index (χ0n) is 14.4. The Kier molecular flexibility index (Phi) is 6.28. The van der Waals surface area contributed by atoms with Crippen LogP contribution in [0, 0.1) is 11.8 Å². The maximum Gasteiger partial charge on any atom is 0.241 e. The molecule has 0 aromatic heterocycles. The van der Waals surface area contributed by atoms with Crippen molar-refractivity contribution in [2.45, 2.75) is 18.7 Å². The Labute approximate surface area is 152 Å². The van der Waals surface area contributed by atoms with E-state index in [1.165, 1.54) is 32.0 Å². The second kappa shape index (κ2) is 8.43. The van der Waals surface area contributed by atoms with Gasteiger partial charge in [0, 0.05) is 23.7 Å². The third-order valence-electron chi connectivity index (χ3n) is 3.34. The summed E-state index contributed by atoms with van der Waals surface area (Å²) in [4.78, 5) is 22.3. The van der Waals surface area contributed by atoms with Crippen LogP contribution in [0.15, 0.2) is 53.4 Å². The SMILES string of the molecule is CC(=O)Nc1ccc(C#CCNS(=O)(=O)c2cccc(C(C)=O)c2)cc1. The van der Waals surface area contributed by atoms with Gasteiger partial charge in [0.05, 0.1) is 11.4 Å². The molecule has 2 N–H and O–H groups in total. The number of carbonyl (C=O) groups is 2. The number of hydrogen-bond donors (Lipinski definition) is 2. The minimum atomic E-state index is -3.74. The van der Waals surface area contributed by atoms with E-state index >= 15 is 0 Å². The summed E-state index contributed by atoms with van der Waals surface area (Å²) in [5, 5.41) is 2.65. The lowest BCUT2D eigenvalue weighted by Gasteiger charge is -2.05. The zero-order chi connectivity index (χ0) is 19.2. The molecule has 134 valence electrons. The lowest BCUT2D eigenvalue weighted by molar-refractivity contribution is -0.114. The van der Waals surface area contributed by atoms with E-state index in [2.05, 4.69) is 21.9 Å². The van der Waals surface area contributed by atoms with Crippen LogP contribution in [-0.2, 0) is 14.8 Å². The highest BCUT2D eigenvalue weighted by Crippen LogP contribution is 2.12. The highest BCUT2D eigenvalue weighted by atomic mass is 32.2. The molecule has 7 heteroatoms. The minimum Gasteiger partial charge on any atom is -0.326 e. The van der Waals surface area contributed by atoms with Crippen LogP contribution < -0.4 is 10.0 Å². The van der Waals surface area contributed by atoms with Crippen molar-refractivity contribution in [1.29, 1.82) is 0 Å². The van der Waals surface area contributed by atoms with Gasteiger partial charge in [0.25, 0.3) is 0 Å². The second-order valence-electron chi connectivity index (χ2n) is 5.47. The first-order valence-corrected chi connectivity index (χ1v) is 9.23. The predicted molar refractivity (Wildman–Crippen MR) is 99.3 cm³/mol. The highest BCUT2D eigenvalue weighted by Gasteiger charge is 2.14. The number of Topliss-reactive ketones (excluding diaryl/α,β-unsaturated/α-hetero) is 1. The van der Waals surface area contributed by atoms with Crippen LogP contribution in [-0.4, -0.2) is 26.7 Å². The predicted octanol–water partition coefficient (Wildman–Crippen LogP) is 2.18. The molecule has 0 saturated heterocycles. The number of carbonyl (C=O) groups excluding carboxylic acids is 2. The summed E-state index contributed by atoms with van der Waals surface area (Å²) in [6.07, 6.45) is 0. The van der Waals surface area contributed by atoms with Gasteiger partial charge in [-0.3, -0.25) is 9.59 Å². The van der Waals surface area contributed by atoms with Crippen molar-refractivity contribution in [3.05, 3.63) is 59.7 Å². The molecule has 0 unspecified atom stereocenters. The van der Waals surface area contributed by atoms with Gasteiger partial charge in [-0.05, 0) is 43.3 Å². The maximum atomic E-state index is 12.2. The molecule has 1 amide bonds. The molecule has 2 aromatic carbocycles. The van der Waals surface area contributed by atoms with Crippen LogP contribution >= 0.6 is 0 Å². The molecule has 0 saturated carbocycles. The van der Waals surface area contributed by atoms with Crippen LogP contribution in [0.1, 0.15) is 29.8 Å². The molecule has 0 heterocycles. The number of rotatable bonds is 5.